The van der Waals surface area contributed by atoms with E-state index in [0.717, 1.165) is 37.7 Å². The molecule has 0 bridgehead atoms. The van der Waals surface area contributed by atoms with Crippen molar-refractivity contribution >= 4 is 44.8 Å². The van der Waals surface area contributed by atoms with E-state index in [2.05, 4.69) is 31.3 Å². The smallest absolute Gasteiger partial charge is 0.234 e. The number of methoxy groups -OCH3 is 1. The summed E-state index contributed by atoms with van der Waals surface area (Å²) >= 11 is 4.77. The fourth-order valence-electron chi connectivity index (χ4n) is 2.89. The fourth-order valence-corrected chi connectivity index (χ4v) is 4.07. The van der Waals surface area contributed by atoms with Crippen molar-refractivity contribution in [3.8, 4) is 17.0 Å². The van der Waals surface area contributed by atoms with Crippen molar-refractivity contribution in [2.24, 2.45) is 0 Å². The van der Waals surface area contributed by atoms with Crippen molar-refractivity contribution < 1.29 is 9.53 Å². The lowest BCUT2D eigenvalue weighted by Crippen LogP contribution is -2.14. The first-order valence-electron chi connectivity index (χ1n) is 8.80. The van der Waals surface area contributed by atoms with Crippen LogP contribution < -0.4 is 10.1 Å². The summed E-state index contributed by atoms with van der Waals surface area (Å²) in [6, 6.07) is 17.2. The molecular weight excluding hydrogens is 452 g/mol. The van der Waals surface area contributed by atoms with Gasteiger partial charge in [-0.15, -0.1) is 0 Å². The van der Waals surface area contributed by atoms with Gasteiger partial charge in [-0.25, -0.2) is 9.50 Å². The number of rotatable bonds is 6. The average molecular weight is 469 g/mol. The van der Waals surface area contributed by atoms with Gasteiger partial charge < -0.3 is 10.1 Å². The molecule has 0 aliphatic carbocycles. The van der Waals surface area contributed by atoms with Crippen LogP contribution in [-0.4, -0.2) is 33.4 Å². The van der Waals surface area contributed by atoms with Gasteiger partial charge in [-0.3, -0.25) is 4.79 Å². The maximum atomic E-state index is 12.3. The number of halogens is 1. The van der Waals surface area contributed by atoms with Gasteiger partial charge in [-0.2, -0.15) is 5.10 Å². The molecule has 6 nitrogen and oxygen atoms in total. The summed E-state index contributed by atoms with van der Waals surface area (Å²) in [6.45, 7) is 0. The van der Waals surface area contributed by atoms with E-state index in [1.54, 1.807) is 24.0 Å². The number of nitrogens with one attached hydrogen (secondary N) is 1. The maximum Gasteiger partial charge on any atom is 0.234 e. The summed E-state index contributed by atoms with van der Waals surface area (Å²) < 4.78 is 8.13. The standard InChI is InChI=1S/C21H17BrN4O2S/c1-28-19-8-3-2-7-16(19)17-12-18-21(23-9-10-26(18)25-17)29-13-20(27)24-15-6-4-5-14(22)11-15/h2-12H,13H2,1H3,(H,24,27). The number of amides is 1. The maximum absolute atomic E-state index is 12.3. The molecular formula is C21H17BrN4O2S. The summed E-state index contributed by atoms with van der Waals surface area (Å²) in [6.07, 6.45) is 3.47. The molecule has 0 aliphatic rings. The number of para-hydroxylation sites is 1. The van der Waals surface area contributed by atoms with Crippen LogP contribution in [0.2, 0.25) is 0 Å². The van der Waals surface area contributed by atoms with Crippen molar-refractivity contribution in [2.75, 3.05) is 18.2 Å². The first kappa shape index (κ1) is 19.5. The number of fused-ring (bicyclic) bond motifs is 1. The monoisotopic (exact) mass is 468 g/mol. The Labute approximate surface area is 180 Å². The average Bonchev–Trinajstić information content (AvgIpc) is 3.17. The quantitative estimate of drug-likeness (QED) is 0.407. The van der Waals surface area contributed by atoms with E-state index >= 15 is 0 Å². The highest BCUT2D eigenvalue weighted by Gasteiger charge is 2.14. The van der Waals surface area contributed by atoms with E-state index in [9.17, 15) is 4.79 Å². The molecule has 8 heteroatoms. The number of carbonyl (C=O) groups excluding carboxylic acids is 1. The highest BCUT2D eigenvalue weighted by atomic mass is 79.9. The second kappa shape index (κ2) is 8.67. The number of nitrogens with zero attached hydrogens (tertiary/aromatic N) is 3. The van der Waals surface area contributed by atoms with Crippen LogP contribution in [0.4, 0.5) is 5.69 Å². The predicted molar refractivity (Wildman–Crippen MR) is 118 cm³/mol. The lowest BCUT2D eigenvalue weighted by molar-refractivity contribution is -0.113. The van der Waals surface area contributed by atoms with Gasteiger partial charge in [-0.05, 0) is 36.4 Å². The molecule has 1 amide bonds. The van der Waals surface area contributed by atoms with Gasteiger partial charge >= 0.3 is 0 Å². The number of thioether (sulfide) groups is 1. The minimum absolute atomic E-state index is 0.0960. The first-order chi connectivity index (χ1) is 14.1. The summed E-state index contributed by atoms with van der Waals surface area (Å²) in [4.78, 5) is 16.8. The van der Waals surface area contributed by atoms with Crippen LogP contribution in [0.3, 0.4) is 0 Å². The number of anilines is 1. The van der Waals surface area contributed by atoms with E-state index in [-0.39, 0.29) is 11.7 Å². The van der Waals surface area contributed by atoms with Crippen LogP contribution in [-0.2, 0) is 4.79 Å². The number of hydrogen-bond donors (Lipinski definition) is 1. The second-order valence-electron chi connectivity index (χ2n) is 6.14. The Kier molecular flexibility index (Phi) is 5.82. The largest absolute Gasteiger partial charge is 0.496 e. The zero-order valence-corrected chi connectivity index (χ0v) is 17.9. The molecule has 0 unspecified atom stereocenters. The highest BCUT2D eigenvalue weighted by Crippen LogP contribution is 2.31. The van der Waals surface area contributed by atoms with Gasteiger partial charge in [0, 0.05) is 28.1 Å². The minimum atomic E-state index is -0.0960. The predicted octanol–water partition coefficient (Wildman–Crippen LogP) is 4.90. The molecule has 0 atom stereocenters. The Morgan fingerprint density at radius 1 is 1.21 bits per heavy atom. The molecule has 2 heterocycles. The Morgan fingerprint density at radius 3 is 2.90 bits per heavy atom. The molecule has 1 N–H and O–H groups in total. The molecule has 0 saturated heterocycles. The van der Waals surface area contributed by atoms with Gasteiger partial charge in [0.2, 0.25) is 5.91 Å². The van der Waals surface area contributed by atoms with Gasteiger partial charge in [-0.1, -0.05) is 45.9 Å². The summed E-state index contributed by atoms with van der Waals surface area (Å²) in [5.41, 5.74) is 3.28. The Hall–Kier alpha value is -2.84. The van der Waals surface area contributed by atoms with Gasteiger partial charge in [0.05, 0.1) is 24.1 Å². The normalized spacial score (nSPS) is 10.8. The molecule has 0 fully saturated rings. The van der Waals surface area contributed by atoms with E-state index in [4.69, 9.17) is 4.74 Å². The van der Waals surface area contributed by atoms with Gasteiger partial charge in [0.1, 0.15) is 10.8 Å². The Bertz CT molecular complexity index is 1180. The summed E-state index contributed by atoms with van der Waals surface area (Å²) in [5.74, 6) is 0.904. The molecule has 0 saturated carbocycles. The van der Waals surface area contributed by atoms with Crippen LogP contribution >= 0.6 is 27.7 Å². The Morgan fingerprint density at radius 2 is 2.07 bits per heavy atom. The van der Waals surface area contributed by atoms with Crippen LogP contribution in [0.1, 0.15) is 0 Å². The van der Waals surface area contributed by atoms with Gasteiger partial charge in [0.15, 0.2) is 0 Å². The number of hydrogen-bond acceptors (Lipinski definition) is 5. The van der Waals surface area contributed by atoms with Crippen LogP contribution in [0.25, 0.3) is 16.8 Å². The first-order valence-corrected chi connectivity index (χ1v) is 10.6. The zero-order chi connectivity index (χ0) is 20.2. The minimum Gasteiger partial charge on any atom is -0.496 e. The highest BCUT2D eigenvalue weighted by molar-refractivity contribution is 9.10. The van der Waals surface area contributed by atoms with Crippen LogP contribution in [0.15, 0.2) is 76.5 Å². The lowest BCUT2D eigenvalue weighted by atomic mass is 10.1. The third kappa shape index (κ3) is 4.44. The SMILES string of the molecule is COc1ccccc1-c1cc2c(SCC(=O)Nc3cccc(Br)c3)nccn2n1. The molecule has 4 aromatic rings. The molecule has 2 aromatic heterocycles. The van der Waals surface area contributed by atoms with Crippen molar-refractivity contribution in [1.29, 1.82) is 0 Å². The van der Waals surface area contributed by atoms with Crippen molar-refractivity contribution in [1.82, 2.24) is 14.6 Å². The van der Waals surface area contributed by atoms with Crippen LogP contribution in [0, 0.1) is 0 Å². The number of carbonyl (C=O) groups is 1. The number of ether oxygens (including phenoxy) is 1. The molecule has 4 rings (SSSR count). The van der Waals surface area contributed by atoms with Crippen LogP contribution in [0.5, 0.6) is 5.75 Å². The van der Waals surface area contributed by atoms with Crippen molar-refractivity contribution in [2.45, 2.75) is 5.03 Å². The molecule has 0 spiro atoms. The number of benzene rings is 2. The fraction of sp³-hybridized carbons (Fsp3) is 0.0952. The summed E-state index contributed by atoms with van der Waals surface area (Å²) in [7, 11) is 1.64. The molecule has 29 heavy (non-hydrogen) atoms. The zero-order valence-electron chi connectivity index (χ0n) is 15.5. The van der Waals surface area contributed by atoms with E-state index in [0.29, 0.717) is 0 Å². The molecule has 0 radical (unpaired) electrons. The molecule has 146 valence electrons. The second-order valence-corrected chi connectivity index (χ2v) is 8.02. The molecule has 0 aliphatic heterocycles. The topological polar surface area (TPSA) is 68.5 Å². The Balaban J connectivity index is 1.54. The third-order valence-electron chi connectivity index (χ3n) is 4.19. The summed E-state index contributed by atoms with van der Waals surface area (Å²) in [5, 5.41) is 8.27. The van der Waals surface area contributed by atoms with E-state index in [1.165, 1.54) is 11.8 Å². The van der Waals surface area contributed by atoms with E-state index < -0.39 is 0 Å². The lowest BCUT2D eigenvalue weighted by Gasteiger charge is -2.06. The molecule has 2 aromatic carbocycles. The van der Waals surface area contributed by atoms with E-state index in [1.807, 2.05) is 54.6 Å². The van der Waals surface area contributed by atoms with Crippen molar-refractivity contribution in [3.05, 3.63) is 71.5 Å². The van der Waals surface area contributed by atoms with Crippen molar-refractivity contribution in [3.63, 3.8) is 0 Å². The number of aromatic nitrogens is 3. The van der Waals surface area contributed by atoms with Gasteiger partial charge in [0.25, 0.3) is 0 Å². The third-order valence-corrected chi connectivity index (χ3v) is 5.67.